The van der Waals surface area contributed by atoms with Crippen LogP contribution in [0.2, 0.25) is 0 Å². The molecule has 248 valence electrons. The third-order valence-electron chi connectivity index (χ3n) is 12.2. The maximum absolute atomic E-state index is 2.63. The Balaban J connectivity index is 1.18. The Hall–Kier alpha value is -7.04. The van der Waals surface area contributed by atoms with Gasteiger partial charge in [0, 0.05) is 39.1 Å². The van der Waals surface area contributed by atoms with Gasteiger partial charge in [0.05, 0.1) is 11.4 Å². The van der Waals surface area contributed by atoms with Crippen molar-refractivity contribution in [2.24, 2.45) is 0 Å². The first-order chi connectivity index (χ1) is 26.8. The quantitative estimate of drug-likeness (QED) is 0.160. The number of nitrogens with zero attached hydrogens (tertiary/aromatic N) is 3. The third-order valence-corrected chi connectivity index (χ3v) is 12.2. The standard InChI is InChI=1S/C50H30BN3/c1-2-17-34-33(16-1)35-18-3-4-19-37(35)39-22-12-23-40(49(39)38-21-6-5-20-36(34)38)41-30-29-32-15-11-28-46-48(32)50(41)54-43-25-8-7-24-42(43)52-44-26-9-13-31-14-10-27-45(47(31)44)53(46)51(52)54/h1-30H. The molecule has 4 aliphatic rings. The van der Waals surface area contributed by atoms with Crippen molar-refractivity contribution in [2.45, 2.75) is 0 Å². The van der Waals surface area contributed by atoms with E-state index < -0.39 is 0 Å². The zero-order valence-electron chi connectivity index (χ0n) is 29.2. The van der Waals surface area contributed by atoms with E-state index >= 15 is 0 Å². The number of hydrogen-bond acceptors (Lipinski definition) is 3. The van der Waals surface area contributed by atoms with Gasteiger partial charge in [0.2, 0.25) is 0 Å². The van der Waals surface area contributed by atoms with Crippen LogP contribution in [0.25, 0.3) is 77.2 Å². The molecule has 3 aliphatic heterocycles. The second-order valence-electron chi connectivity index (χ2n) is 14.8. The summed E-state index contributed by atoms with van der Waals surface area (Å²) in [4.78, 5) is 7.79. The maximum atomic E-state index is 2.63. The van der Waals surface area contributed by atoms with Crippen molar-refractivity contribution < 1.29 is 0 Å². The fourth-order valence-corrected chi connectivity index (χ4v) is 10.2. The van der Waals surface area contributed by atoms with Gasteiger partial charge < -0.3 is 14.4 Å². The van der Waals surface area contributed by atoms with Gasteiger partial charge >= 0.3 is 7.12 Å². The Bertz CT molecular complexity index is 3100. The molecule has 0 amide bonds. The molecule has 0 radical (unpaired) electrons. The molecule has 0 saturated carbocycles. The molecule has 1 aliphatic carbocycles. The van der Waals surface area contributed by atoms with Crippen LogP contribution in [0.4, 0.5) is 34.1 Å². The molecule has 0 aromatic heterocycles. The molecule has 0 saturated heterocycles. The van der Waals surface area contributed by atoms with Crippen molar-refractivity contribution in [3.05, 3.63) is 182 Å². The summed E-state index contributed by atoms with van der Waals surface area (Å²) < 4.78 is 0. The highest BCUT2D eigenvalue weighted by molar-refractivity contribution is 6.81. The molecular formula is C50H30BN3. The molecule has 9 aromatic rings. The van der Waals surface area contributed by atoms with Crippen LogP contribution in [-0.2, 0) is 0 Å². The summed E-state index contributed by atoms with van der Waals surface area (Å²) in [7, 11) is -0.104. The highest BCUT2D eigenvalue weighted by atomic mass is 15.4. The van der Waals surface area contributed by atoms with E-state index in [2.05, 4.69) is 196 Å². The summed E-state index contributed by atoms with van der Waals surface area (Å²) in [6.45, 7) is 0. The monoisotopic (exact) mass is 683 g/mol. The first-order valence-electron chi connectivity index (χ1n) is 18.8. The lowest BCUT2D eigenvalue weighted by Gasteiger charge is -2.47. The summed E-state index contributed by atoms with van der Waals surface area (Å²) >= 11 is 0. The van der Waals surface area contributed by atoms with Crippen molar-refractivity contribution in [2.75, 3.05) is 14.4 Å². The summed E-state index contributed by atoms with van der Waals surface area (Å²) in [6, 6.07) is 67.9. The van der Waals surface area contributed by atoms with E-state index in [1.807, 2.05) is 0 Å². The maximum Gasteiger partial charge on any atom is 0.519 e. The lowest BCUT2D eigenvalue weighted by molar-refractivity contribution is 1.25. The molecule has 0 N–H and O–H groups in total. The van der Waals surface area contributed by atoms with Gasteiger partial charge in [0.1, 0.15) is 0 Å². The highest BCUT2D eigenvalue weighted by Gasteiger charge is 2.54. The number of para-hydroxylation sites is 2. The minimum Gasteiger partial charge on any atom is -0.344 e. The van der Waals surface area contributed by atoms with Crippen LogP contribution < -0.4 is 14.4 Å². The lowest BCUT2D eigenvalue weighted by atomic mass is 9.73. The van der Waals surface area contributed by atoms with Crippen LogP contribution in [0, 0.1) is 0 Å². The summed E-state index contributed by atoms with van der Waals surface area (Å²) in [5, 5.41) is 5.07. The van der Waals surface area contributed by atoms with Crippen LogP contribution >= 0.6 is 0 Å². The van der Waals surface area contributed by atoms with E-state index in [1.54, 1.807) is 0 Å². The minimum absolute atomic E-state index is 0.104. The van der Waals surface area contributed by atoms with Crippen molar-refractivity contribution >= 4 is 62.8 Å². The second kappa shape index (κ2) is 10.3. The molecule has 0 fully saturated rings. The number of hydrogen-bond donors (Lipinski definition) is 0. The average molecular weight is 684 g/mol. The number of benzene rings is 9. The molecule has 13 rings (SSSR count). The van der Waals surface area contributed by atoms with Crippen LogP contribution in [0.3, 0.4) is 0 Å². The third kappa shape index (κ3) is 3.48. The fraction of sp³-hybridized carbons (Fsp3) is 0. The van der Waals surface area contributed by atoms with E-state index in [9.17, 15) is 0 Å². The normalized spacial score (nSPS) is 13.8. The fourth-order valence-electron chi connectivity index (χ4n) is 10.2. The van der Waals surface area contributed by atoms with E-state index in [1.165, 1.54) is 111 Å². The summed E-state index contributed by atoms with van der Waals surface area (Å²) in [5.74, 6) is 0. The number of fused-ring (bicyclic) bond motifs is 15. The minimum atomic E-state index is -0.104. The van der Waals surface area contributed by atoms with Gasteiger partial charge in [0.15, 0.2) is 0 Å². The van der Waals surface area contributed by atoms with Crippen LogP contribution in [-0.4, -0.2) is 7.12 Å². The predicted molar refractivity (Wildman–Crippen MR) is 227 cm³/mol. The molecule has 3 heterocycles. The molecule has 9 aromatic carbocycles. The van der Waals surface area contributed by atoms with E-state index in [0.29, 0.717) is 0 Å². The van der Waals surface area contributed by atoms with E-state index in [4.69, 9.17) is 0 Å². The second-order valence-corrected chi connectivity index (χ2v) is 14.8. The zero-order valence-corrected chi connectivity index (χ0v) is 29.2. The van der Waals surface area contributed by atoms with Crippen molar-refractivity contribution in [3.8, 4) is 55.6 Å². The average Bonchev–Trinajstić information content (AvgIpc) is 3.58. The Morgan fingerprint density at radius 1 is 0.259 bits per heavy atom. The van der Waals surface area contributed by atoms with Gasteiger partial charge in [-0.15, -0.1) is 0 Å². The smallest absolute Gasteiger partial charge is 0.344 e. The SMILES string of the molecule is c1ccc2c(c1)-c1ccccc1-c1cccc(-c3ccc4cccc5c4c3N3B4N(c6ccccc63)c3cccc6cccc(c36)N45)c1-c1ccccc1-2. The van der Waals surface area contributed by atoms with Gasteiger partial charge in [-0.2, -0.15) is 0 Å². The predicted octanol–water partition coefficient (Wildman–Crippen LogP) is 13.4. The first kappa shape index (κ1) is 28.5. The number of rotatable bonds is 1. The lowest BCUT2D eigenvalue weighted by Crippen LogP contribution is -2.59. The number of anilines is 6. The molecule has 3 nitrogen and oxygen atoms in total. The summed E-state index contributed by atoms with van der Waals surface area (Å²) in [5.41, 5.74) is 20.0. The molecule has 0 bridgehead atoms. The first-order valence-corrected chi connectivity index (χ1v) is 18.8. The van der Waals surface area contributed by atoms with Gasteiger partial charge in [-0.1, -0.05) is 152 Å². The molecular weight excluding hydrogens is 653 g/mol. The van der Waals surface area contributed by atoms with Crippen molar-refractivity contribution in [1.29, 1.82) is 0 Å². The summed E-state index contributed by atoms with van der Waals surface area (Å²) in [6.07, 6.45) is 0. The molecule has 0 atom stereocenters. The topological polar surface area (TPSA) is 9.72 Å². The zero-order chi connectivity index (χ0) is 35.1. The van der Waals surface area contributed by atoms with Crippen LogP contribution in [0.15, 0.2) is 182 Å². The van der Waals surface area contributed by atoms with Crippen molar-refractivity contribution in [3.63, 3.8) is 0 Å². The Morgan fingerprint density at radius 3 is 1.26 bits per heavy atom. The Labute approximate surface area is 313 Å². The van der Waals surface area contributed by atoms with Gasteiger partial charge in [-0.3, -0.25) is 0 Å². The van der Waals surface area contributed by atoms with Crippen LogP contribution in [0.1, 0.15) is 0 Å². The van der Waals surface area contributed by atoms with Gasteiger partial charge in [-0.05, 0) is 91.2 Å². The highest BCUT2D eigenvalue weighted by Crippen LogP contribution is 2.62. The Morgan fingerprint density at radius 2 is 0.648 bits per heavy atom. The Kier molecular flexibility index (Phi) is 5.45. The largest absolute Gasteiger partial charge is 0.519 e. The molecule has 4 heteroatoms. The van der Waals surface area contributed by atoms with Crippen molar-refractivity contribution in [1.82, 2.24) is 0 Å². The van der Waals surface area contributed by atoms with E-state index in [-0.39, 0.29) is 7.12 Å². The van der Waals surface area contributed by atoms with Gasteiger partial charge in [0.25, 0.3) is 0 Å². The molecule has 0 unspecified atom stereocenters. The molecule has 0 spiro atoms. The van der Waals surface area contributed by atoms with Gasteiger partial charge in [-0.25, -0.2) is 0 Å². The van der Waals surface area contributed by atoms with E-state index in [0.717, 1.165) is 0 Å². The molecule has 54 heavy (non-hydrogen) atoms. The van der Waals surface area contributed by atoms with Crippen LogP contribution in [0.5, 0.6) is 0 Å².